The number of halogens is 1. The quantitative estimate of drug-likeness (QED) is 0.742. The van der Waals surface area contributed by atoms with Crippen molar-refractivity contribution in [2.24, 2.45) is 0 Å². The molecule has 0 saturated carbocycles. The van der Waals surface area contributed by atoms with E-state index in [1.54, 1.807) is 11.8 Å². The van der Waals surface area contributed by atoms with Crippen LogP contribution in [0.25, 0.3) is 0 Å². The molecule has 0 bridgehead atoms. The van der Waals surface area contributed by atoms with Crippen molar-refractivity contribution in [3.05, 3.63) is 64.7 Å². The molecule has 0 saturated heterocycles. The molecule has 0 spiro atoms. The van der Waals surface area contributed by atoms with Gasteiger partial charge in [-0.25, -0.2) is 0 Å². The van der Waals surface area contributed by atoms with E-state index in [1.165, 1.54) is 10.5 Å². The molecule has 0 aliphatic carbocycles. The average molecular weight is 363 g/mol. The van der Waals surface area contributed by atoms with Crippen molar-refractivity contribution >= 4 is 29.3 Å². The van der Waals surface area contributed by atoms with E-state index in [2.05, 4.69) is 35.8 Å². The van der Waals surface area contributed by atoms with Crippen molar-refractivity contribution in [2.75, 3.05) is 19.8 Å². The van der Waals surface area contributed by atoms with Gasteiger partial charge >= 0.3 is 0 Å². The first-order chi connectivity index (χ1) is 11.5. The maximum atomic E-state index is 12.2. The molecule has 0 aliphatic rings. The number of likely N-dealkylation sites (N-methyl/N-ethyl adjacent to an activating group) is 1. The van der Waals surface area contributed by atoms with Crippen molar-refractivity contribution in [1.29, 1.82) is 0 Å². The highest BCUT2D eigenvalue weighted by molar-refractivity contribution is 7.98. The van der Waals surface area contributed by atoms with Gasteiger partial charge in [-0.3, -0.25) is 9.69 Å². The summed E-state index contributed by atoms with van der Waals surface area (Å²) in [5.41, 5.74) is 2.13. The van der Waals surface area contributed by atoms with Gasteiger partial charge in [-0.05, 0) is 49.6 Å². The molecule has 5 heteroatoms. The molecule has 0 unspecified atom stereocenters. The first kappa shape index (κ1) is 18.8. The lowest BCUT2D eigenvalue weighted by Gasteiger charge is -2.20. The number of hydrogen-bond donors (Lipinski definition) is 1. The number of nitrogens with one attached hydrogen (secondary N) is 1. The van der Waals surface area contributed by atoms with E-state index in [9.17, 15) is 4.79 Å². The average Bonchev–Trinajstić information content (AvgIpc) is 2.55. The topological polar surface area (TPSA) is 32.3 Å². The van der Waals surface area contributed by atoms with Gasteiger partial charge in [0.25, 0.3) is 0 Å². The molecule has 0 heterocycles. The summed E-state index contributed by atoms with van der Waals surface area (Å²) in [5.74, 6) is -0.00865. The van der Waals surface area contributed by atoms with Gasteiger partial charge in [0, 0.05) is 16.5 Å². The van der Waals surface area contributed by atoms with Gasteiger partial charge in [0.15, 0.2) is 0 Å². The van der Waals surface area contributed by atoms with E-state index < -0.39 is 0 Å². The standard InChI is InChI=1S/C19H23ClN2OS/c1-14(17-6-4-5-7-18(17)20)21-19(23)13-22(2)12-15-8-10-16(24-3)11-9-15/h4-11,14H,12-13H2,1-3H3,(H,21,23)/t14-/m0/s1. The molecule has 128 valence electrons. The molecule has 24 heavy (non-hydrogen) atoms. The highest BCUT2D eigenvalue weighted by Gasteiger charge is 2.13. The largest absolute Gasteiger partial charge is 0.348 e. The number of nitrogens with zero attached hydrogens (tertiary/aromatic N) is 1. The molecule has 3 nitrogen and oxygen atoms in total. The molecule has 0 aromatic heterocycles. The van der Waals surface area contributed by atoms with Crippen LogP contribution >= 0.6 is 23.4 Å². The van der Waals surface area contributed by atoms with E-state index in [1.807, 2.05) is 43.1 Å². The van der Waals surface area contributed by atoms with Crippen LogP contribution in [-0.2, 0) is 11.3 Å². The van der Waals surface area contributed by atoms with Crippen LogP contribution in [0.3, 0.4) is 0 Å². The molecule has 2 aromatic rings. The van der Waals surface area contributed by atoms with E-state index in [0.717, 1.165) is 12.1 Å². The smallest absolute Gasteiger partial charge is 0.234 e. The first-order valence-corrected chi connectivity index (χ1v) is 9.45. The summed E-state index contributed by atoms with van der Waals surface area (Å²) >= 11 is 7.90. The Bertz CT molecular complexity index is 675. The van der Waals surface area contributed by atoms with Crippen LogP contribution in [0, 0.1) is 0 Å². The Morgan fingerprint density at radius 2 is 1.88 bits per heavy atom. The summed E-state index contributed by atoms with van der Waals surface area (Å²) in [6.45, 7) is 3.03. The Morgan fingerprint density at radius 1 is 1.21 bits per heavy atom. The molecule has 1 atom stereocenters. The minimum absolute atomic E-state index is 0.00865. The van der Waals surface area contributed by atoms with Crippen LogP contribution in [0.15, 0.2) is 53.4 Å². The van der Waals surface area contributed by atoms with Crippen LogP contribution < -0.4 is 5.32 Å². The zero-order chi connectivity index (χ0) is 17.5. The van der Waals surface area contributed by atoms with E-state index in [0.29, 0.717) is 11.6 Å². The molecular formula is C19H23ClN2OS. The van der Waals surface area contributed by atoms with E-state index >= 15 is 0 Å². The lowest BCUT2D eigenvalue weighted by Crippen LogP contribution is -2.36. The minimum Gasteiger partial charge on any atom is -0.348 e. The normalized spacial score (nSPS) is 12.2. The highest BCUT2D eigenvalue weighted by atomic mass is 35.5. The monoisotopic (exact) mass is 362 g/mol. The van der Waals surface area contributed by atoms with Gasteiger partial charge in [-0.2, -0.15) is 0 Å². The van der Waals surface area contributed by atoms with Crippen LogP contribution in [0.1, 0.15) is 24.1 Å². The predicted octanol–water partition coefficient (Wildman–Crippen LogP) is 4.37. The van der Waals surface area contributed by atoms with Crippen LogP contribution in [0.4, 0.5) is 0 Å². The summed E-state index contributed by atoms with van der Waals surface area (Å²) in [5, 5.41) is 3.68. The molecule has 2 aromatic carbocycles. The molecule has 1 amide bonds. The highest BCUT2D eigenvalue weighted by Crippen LogP contribution is 2.22. The molecule has 0 radical (unpaired) electrons. The molecule has 1 N–H and O–H groups in total. The number of benzene rings is 2. The Labute approximate surface area is 153 Å². The third-order valence-electron chi connectivity index (χ3n) is 3.77. The van der Waals surface area contributed by atoms with Gasteiger partial charge < -0.3 is 5.32 Å². The molecule has 2 rings (SSSR count). The van der Waals surface area contributed by atoms with Crippen molar-refractivity contribution in [2.45, 2.75) is 24.4 Å². The Morgan fingerprint density at radius 3 is 2.50 bits per heavy atom. The predicted molar refractivity (Wildman–Crippen MR) is 103 cm³/mol. The number of amides is 1. The Hall–Kier alpha value is -1.49. The van der Waals surface area contributed by atoms with Gasteiger partial charge in [-0.1, -0.05) is 41.9 Å². The van der Waals surface area contributed by atoms with Crippen molar-refractivity contribution in [3.8, 4) is 0 Å². The second kappa shape index (κ2) is 9.11. The van der Waals surface area contributed by atoms with Gasteiger partial charge in [-0.15, -0.1) is 11.8 Å². The van der Waals surface area contributed by atoms with Crippen molar-refractivity contribution in [3.63, 3.8) is 0 Å². The summed E-state index contributed by atoms with van der Waals surface area (Å²) in [6.07, 6.45) is 2.06. The fraction of sp³-hybridized carbons (Fsp3) is 0.316. The number of thioether (sulfide) groups is 1. The van der Waals surface area contributed by atoms with Crippen molar-refractivity contribution < 1.29 is 4.79 Å². The lowest BCUT2D eigenvalue weighted by atomic mass is 10.1. The number of carbonyl (C=O) groups excluding carboxylic acids is 1. The van der Waals surface area contributed by atoms with Crippen LogP contribution in [0.5, 0.6) is 0 Å². The fourth-order valence-corrected chi connectivity index (χ4v) is 3.24. The van der Waals surface area contributed by atoms with Gasteiger partial charge in [0.1, 0.15) is 0 Å². The maximum absolute atomic E-state index is 12.2. The second-order valence-electron chi connectivity index (χ2n) is 5.83. The summed E-state index contributed by atoms with van der Waals surface area (Å²) in [7, 11) is 1.95. The van der Waals surface area contributed by atoms with Crippen LogP contribution in [0.2, 0.25) is 5.02 Å². The summed E-state index contributed by atoms with van der Waals surface area (Å²) in [4.78, 5) is 15.5. The lowest BCUT2D eigenvalue weighted by molar-refractivity contribution is -0.122. The second-order valence-corrected chi connectivity index (χ2v) is 7.12. The SMILES string of the molecule is CSc1ccc(CN(C)CC(=O)N[C@@H](C)c2ccccc2Cl)cc1. The van der Waals surface area contributed by atoms with Gasteiger partial charge in [0.05, 0.1) is 12.6 Å². The van der Waals surface area contributed by atoms with Crippen LogP contribution in [-0.4, -0.2) is 30.7 Å². The molecular weight excluding hydrogens is 340 g/mol. The number of carbonyl (C=O) groups is 1. The third kappa shape index (κ3) is 5.55. The molecule has 0 aliphatic heterocycles. The Kier molecular flexibility index (Phi) is 7.16. The van der Waals surface area contributed by atoms with Gasteiger partial charge in [0.2, 0.25) is 5.91 Å². The number of rotatable bonds is 7. The fourth-order valence-electron chi connectivity index (χ4n) is 2.53. The zero-order valence-electron chi connectivity index (χ0n) is 14.3. The third-order valence-corrected chi connectivity index (χ3v) is 4.86. The zero-order valence-corrected chi connectivity index (χ0v) is 15.8. The summed E-state index contributed by atoms with van der Waals surface area (Å²) in [6, 6.07) is 15.9. The summed E-state index contributed by atoms with van der Waals surface area (Å²) < 4.78 is 0. The number of hydrogen-bond acceptors (Lipinski definition) is 3. The van der Waals surface area contributed by atoms with Crippen molar-refractivity contribution in [1.82, 2.24) is 10.2 Å². The van der Waals surface area contributed by atoms with E-state index in [-0.39, 0.29) is 11.9 Å². The Balaban J connectivity index is 1.85. The molecule has 0 fully saturated rings. The first-order valence-electron chi connectivity index (χ1n) is 7.85. The maximum Gasteiger partial charge on any atom is 0.234 e. The van der Waals surface area contributed by atoms with E-state index in [4.69, 9.17) is 11.6 Å². The minimum atomic E-state index is -0.111.